The van der Waals surface area contributed by atoms with Gasteiger partial charge in [0, 0.05) is 25.7 Å². The minimum atomic E-state index is -0.134. The van der Waals surface area contributed by atoms with Crippen LogP contribution in [0.2, 0.25) is 0 Å². The normalized spacial score (nSPS) is 41.8. The Bertz CT molecular complexity index is 227. The summed E-state index contributed by atoms with van der Waals surface area (Å²) in [6.45, 7) is 4.23. The molecule has 0 aromatic rings. The number of nitrogens with zero attached hydrogens (tertiary/aromatic N) is 1. The number of likely N-dealkylation sites (tertiary alicyclic amines) is 1. The van der Waals surface area contributed by atoms with Crippen LogP contribution >= 0.6 is 0 Å². The van der Waals surface area contributed by atoms with Crippen LogP contribution in [0, 0.1) is 5.41 Å². The number of aliphatic hydroxyl groups excluding tert-OH is 1. The van der Waals surface area contributed by atoms with Crippen molar-refractivity contribution < 1.29 is 5.11 Å². The maximum atomic E-state index is 9.81. The van der Waals surface area contributed by atoms with Crippen molar-refractivity contribution in [1.29, 1.82) is 0 Å². The molecule has 2 aliphatic heterocycles. The van der Waals surface area contributed by atoms with Crippen LogP contribution in [0.25, 0.3) is 0 Å². The summed E-state index contributed by atoms with van der Waals surface area (Å²) in [7, 11) is 0. The molecular formula is C11H20N2O. The van der Waals surface area contributed by atoms with Crippen molar-refractivity contribution in [1.82, 2.24) is 10.2 Å². The van der Waals surface area contributed by atoms with Crippen LogP contribution in [0.15, 0.2) is 0 Å². The molecule has 80 valence electrons. The monoisotopic (exact) mass is 196 g/mol. The first-order valence-electron chi connectivity index (χ1n) is 5.92. The van der Waals surface area contributed by atoms with Crippen LogP contribution in [0.5, 0.6) is 0 Å². The van der Waals surface area contributed by atoms with E-state index in [0.717, 1.165) is 13.1 Å². The second-order valence-electron chi connectivity index (χ2n) is 5.37. The summed E-state index contributed by atoms with van der Waals surface area (Å²) < 4.78 is 0. The maximum Gasteiger partial charge on any atom is 0.0831 e. The number of hydrogen-bond donors (Lipinski definition) is 2. The fourth-order valence-electron chi connectivity index (χ4n) is 3.36. The average molecular weight is 196 g/mol. The maximum absolute atomic E-state index is 9.81. The summed E-state index contributed by atoms with van der Waals surface area (Å²) in [5, 5.41) is 13.1. The van der Waals surface area contributed by atoms with Crippen molar-refractivity contribution in [3.05, 3.63) is 0 Å². The fourth-order valence-corrected chi connectivity index (χ4v) is 3.36. The van der Waals surface area contributed by atoms with Gasteiger partial charge in [0.25, 0.3) is 0 Å². The smallest absolute Gasteiger partial charge is 0.0831 e. The molecule has 2 heterocycles. The van der Waals surface area contributed by atoms with E-state index in [1.54, 1.807) is 0 Å². The Labute approximate surface area is 85.5 Å². The van der Waals surface area contributed by atoms with Gasteiger partial charge in [-0.05, 0) is 31.2 Å². The van der Waals surface area contributed by atoms with Crippen LogP contribution in [0.1, 0.15) is 25.7 Å². The highest BCUT2D eigenvalue weighted by Crippen LogP contribution is 2.48. The van der Waals surface area contributed by atoms with Crippen LogP contribution in [0.3, 0.4) is 0 Å². The third-order valence-corrected chi connectivity index (χ3v) is 4.50. The Hall–Kier alpha value is -0.120. The van der Waals surface area contributed by atoms with Gasteiger partial charge in [0.2, 0.25) is 0 Å². The SMILES string of the molecule is OC1CNCC1N1CCC2(CCC2)C1. The van der Waals surface area contributed by atoms with E-state index in [9.17, 15) is 5.11 Å². The summed E-state index contributed by atoms with van der Waals surface area (Å²) in [5.41, 5.74) is 0.669. The molecule has 3 fully saturated rings. The second-order valence-corrected chi connectivity index (χ2v) is 5.37. The number of aliphatic hydroxyl groups is 1. The zero-order chi connectivity index (χ0) is 9.60. The lowest BCUT2D eigenvalue weighted by Gasteiger charge is -2.39. The molecule has 2 atom stereocenters. The molecule has 1 spiro atoms. The van der Waals surface area contributed by atoms with Crippen molar-refractivity contribution in [2.75, 3.05) is 26.2 Å². The lowest BCUT2D eigenvalue weighted by molar-refractivity contribution is 0.0740. The second kappa shape index (κ2) is 3.19. The third-order valence-electron chi connectivity index (χ3n) is 4.50. The third kappa shape index (κ3) is 1.30. The zero-order valence-corrected chi connectivity index (χ0v) is 8.71. The van der Waals surface area contributed by atoms with E-state index in [1.807, 2.05) is 0 Å². The van der Waals surface area contributed by atoms with Crippen molar-refractivity contribution in [2.45, 2.75) is 37.8 Å². The number of nitrogens with one attached hydrogen (secondary N) is 1. The highest BCUT2D eigenvalue weighted by atomic mass is 16.3. The van der Waals surface area contributed by atoms with E-state index in [0.29, 0.717) is 11.5 Å². The van der Waals surface area contributed by atoms with E-state index in [1.165, 1.54) is 38.8 Å². The van der Waals surface area contributed by atoms with Gasteiger partial charge in [-0.3, -0.25) is 4.90 Å². The Balaban J connectivity index is 1.64. The molecule has 0 bridgehead atoms. The number of hydrogen-bond acceptors (Lipinski definition) is 3. The van der Waals surface area contributed by atoms with E-state index in [4.69, 9.17) is 0 Å². The zero-order valence-electron chi connectivity index (χ0n) is 8.71. The quantitative estimate of drug-likeness (QED) is 0.628. The molecule has 2 saturated heterocycles. The number of β-amino-alcohol motifs (C(OH)–C–C–N with tert-alkyl or cyclic N) is 1. The van der Waals surface area contributed by atoms with Gasteiger partial charge < -0.3 is 10.4 Å². The molecule has 3 aliphatic rings. The van der Waals surface area contributed by atoms with Crippen molar-refractivity contribution in [3.8, 4) is 0 Å². The van der Waals surface area contributed by atoms with Gasteiger partial charge in [-0.25, -0.2) is 0 Å². The van der Waals surface area contributed by atoms with E-state index in [2.05, 4.69) is 10.2 Å². The van der Waals surface area contributed by atoms with Crippen molar-refractivity contribution >= 4 is 0 Å². The van der Waals surface area contributed by atoms with Gasteiger partial charge in [-0.1, -0.05) is 6.42 Å². The van der Waals surface area contributed by atoms with Gasteiger partial charge in [-0.2, -0.15) is 0 Å². The lowest BCUT2D eigenvalue weighted by atomic mass is 9.68. The van der Waals surface area contributed by atoms with Gasteiger partial charge in [0.1, 0.15) is 0 Å². The molecule has 0 aromatic heterocycles. The lowest BCUT2D eigenvalue weighted by Crippen LogP contribution is -2.44. The Kier molecular flexibility index (Phi) is 2.08. The summed E-state index contributed by atoms with van der Waals surface area (Å²) in [6, 6.07) is 0.398. The van der Waals surface area contributed by atoms with Crippen LogP contribution in [-0.2, 0) is 0 Å². The van der Waals surface area contributed by atoms with Crippen LogP contribution in [0.4, 0.5) is 0 Å². The molecule has 0 aromatic carbocycles. The van der Waals surface area contributed by atoms with Crippen molar-refractivity contribution in [3.63, 3.8) is 0 Å². The Morgan fingerprint density at radius 3 is 2.57 bits per heavy atom. The molecule has 2 N–H and O–H groups in total. The Morgan fingerprint density at radius 1 is 1.21 bits per heavy atom. The first kappa shape index (κ1) is 9.13. The molecule has 1 saturated carbocycles. The molecule has 2 unspecified atom stereocenters. The van der Waals surface area contributed by atoms with Gasteiger partial charge in [0.05, 0.1) is 6.10 Å². The predicted molar refractivity (Wildman–Crippen MR) is 55.1 cm³/mol. The molecule has 1 aliphatic carbocycles. The van der Waals surface area contributed by atoms with E-state index < -0.39 is 0 Å². The van der Waals surface area contributed by atoms with Crippen LogP contribution < -0.4 is 5.32 Å². The largest absolute Gasteiger partial charge is 0.390 e. The Morgan fingerprint density at radius 2 is 2.07 bits per heavy atom. The van der Waals surface area contributed by atoms with E-state index >= 15 is 0 Å². The molecule has 0 amide bonds. The average Bonchev–Trinajstić information content (AvgIpc) is 2.68. The molecule has 3 rings (SSSR count). The van der Waals surface area contributed by atoms with Crippen molar-refractivity contribution in [2.24, 2.45) is 5.41 Å². The highest BCUT2D eigenvalue weighted by Gasteiger charge is 2.45. The number of rotatable bonds is 1. The van der Waals surface area contributed by atoms with Crippen LogP contribution in [-0.4, -0.2) is 48.3 Å². The summed E-state index contributed by atoms with van der Waals surface area (Å²) in [6.07, 6.45) is 5.53. The fraction of sp³-hybridized carbons (Fsp3) is 1.00. The van der Waals surface area contributed by atoms with Gasteiger partial charge in [0.15, 0.2) is 0 Å². The summed E-state index contributed by atoms with van der Waals surface area (Å²) >= 11 is 0. The molecule has 14 heavy (non-hydrogen) atoms. The van der Waals surface area contributed by atoms with Gasteiger partial charge in [-0.15, -0.1) is 0 Å². The summed E-state index contributed by atoms with van der Waals surface area (Å²) in [4.78, 5) is 2.52. The first-order chi connectivity index (χ1) is 6.79. The molecule has 3 nitrogen and oxygen atoms in total. The van der Waals surface area contributed by atoms with Gasteiger partial charge >= 0.3 is 0 Å². The molecular weight excluding hydrogens is 176 g/mol. The standard InChI is InChI=1S/C11H20N2O/c14-10-7-12-6-9(10)13-5-4-11(8-13)2-1-3-11/h9-10,12,14H,1-8H2. The molecule has 3 heteroatoms. The highest BCUT2D eigenvalue weighted by molar-refractivity contribution is 5.00. The molecule has 0 radical (unpaired) electrons. The predicted octanol–water partition coefficient (Wildman–Crippen LogP) is 0.195. The summed E-state index contributed by atoms with van der Waals surface area (Å²) in [5.74, 6) is 0. The first-order valence-corrected chi connectivity index (χ1v) is 5.92. The van der Waals surface area contributed by atoms with E-state index in [-0.39, 0.29) is 6.10 Å². The minimum Gasteiger partial charge on any atom is -0.390 e. The topological polar surface area (TPSA) is 35.5 Å². The minimum absolute atomic E-state index is 0.134.